The van der Waals surface area contributed by atoms with Crippen molar-refractivity contribution in [1.29, 1.82) is 0 Å². The molecule has 0 bridgehead atoms. The van der Waals surface area contributed by atoms with Crippen molar-refractivity contribution in [3.63, 3.8) is 0 Å². The molecule has 1 atom stereocenters. The molecule has 0 saturated heterocycles. The number of hydrogen-bond donors (Lipinski definition) is 1. The number of fused-ring (bicyclic) bond motifs is 1. The number of nitro benzene ring substituents is 1. The Kier molecular flexibility index (Phi) is 3.43. The lowest BCUT2D eigenvalue weighted by atomic mass is 10.1. The zero-order valence-electron chi connectivity index (χ0n) is 11.7. The molecule has 0 radical (unpaired) electrons. The van der Waals surface area contributed by atoms with Gasteiger partial charge in [-0.2, -0.15) is 0 Å². The second-order valence-electron chi connectivity index (χ2n) is 5.16. The van der Waals surface area contributed by atoms with Gasteiger partial charge in [-0.15, -0.1) is 5.69 Å². The molecule has 1 aliphatic heterocycles. The fourth-order valence-electron chi connectivity index (χ4n) is 2.48. The Balaban J connectivity index is 1.64. The van der Waals surface area contributed by atoms with Crippen LogP contribution in [0.3, 0.4) is 0 Å². The van der Waals surface area contributed by atoms with E-state index in [9.17, 15) is 10.1 Å². The van der Waals surface area contributed by atoms with Crippen molar-refractivity contribution >= 4 is 17.1 Å². The van der Waals surface area contributed by atoms with Gasteiger partial charge in [-0.1, -0.05) is 6.07 Å². The molecule has 6 nitrogen and oxygen atoms in total. The first-order valence-corrected chi connectivity index (χ1v) is 6.82. The summed E-state index contributed by atoms with van der Waals surface area (Å²) in [6, 6.07) is 8.84. The first kappa shape index (κ1) is 13.4. The van der Waals surface area contributed by atoms with E-state index in [-0.39, 0.29) is 16.8 Å². The van der Waals surface area contributed by atoms with E-state index in [4.69, 9.17) is 0 Å². The van der Waals surface area contributed by atoms with Crippen LogP contribution in [-0.2, 0) is 13.5 Å². The van der Waals surface area contributed by atoms with E-state index in [1.807, 2.05) is 23.9 Å². The molecule has 108 valence electrons. The average molecular weight is 284 g/mol. The summed E-state index contributed by atoms with van der Waals surface area (Å²) in [5.74, 6) is 0. The molecule has 1 aliphatic rings. The van der Waals surface area contributed by atoms with Gasteiger partial charge in [0.05, 0.1) is 4.92 Å². The van der Waals surface area contributed by atoms with Crippen LogP contribution in [0.25, 0.3) is 5.32 Å². The zero-order chi connectivity index (χ0) is 14.8. The lowest BCUT2D eigenvalue weighted by Crippen LogP contribution is -2.27. The zero-order valence-corrected chi connectivity index (χ0v) is 11.7. The monoisotopic (exact) mass is 284 g/mol. The van der Waals surface area contributed by atoms with E-state index in [1.54, 1.807) is 12.1 Å². The molecule has 0 saturated carbocycles. The predicted molar refractivity (Wildman–Crippen MR) is 79.5 cm³/mol. The number of anilines is 1. The van der Waals surface area contributed by atoms with Gasteiger partial charge in [0.1, 0.15) is 7.05 Å². The quantitative estimate of drug-likeness (QED) is 0.533. The van der Waals surface area contributed by atoms with E-state index in [2.05, 4.69) is 22.9 Å². The normalized spacial score (nSPS) is 16.0. The third-order valence-electron chi connectivity index (χ3n) is 3.52. The van der Waals surface area contributed by atoms with Crippen molar-refractivity contribution in [2.24, 2.45) is 7.05 Å². The van der Waals surface area contributed by atoms with E-state index in [0.717, 1.165) is 24.2 Å². The number of hydrogen-bond acceptors (Lipinski definition) is 3. The Bertz CT molecular complexity index is 687. The SMILES string of the molecule is C[n+]1cccc(CCC2[N-]c3ccc([N+](=O)[O-])cc3N2)c1. The summed E-state index contributed by atoms with van der Waals surface area (Å²) in [7, 11) is 2.00. The molecule has 1 aromatic carbocycles. The number of nitro groups is 1. The van der Waals surface area contributed by atoms with Crippen molar-refractivity contribution in [2.45, 2.75) is 19.0 Å². The summed E-state index contributed by atoms with van der Waals surface area (Å²) in [6.07, 6.45) is 5.83. The van der Waals surface area contributed by atoms with Crippen LogP contribution in [0.1, 0.15) is 12.0 Å². The Morgan fingerprint density at radius 2 is 2.29 bits per heavy atom. The molecule has 0 aliphatic carbocycles. The van der Waals surface area contributed by atoms with E-state index in [1.165, 1.54) is 11.6 Å². The Morgan fingerprint density at radius 3 is 3.05 bits per heavy atom. The van der Waals surface area contributed by atoms with Crippen LogP contribution >= 0.6 is 0 Å². The van der Waals surface area contributed by atoms with Crippen molar-refractivity contribution in [3.05, 3.63) is 63.7 Å². The molecular weight excluding hydrogens is 268 g/mol. The van der Waals surface area contributed by atoms with Gasteiger partial charge < -0.3 is 10.6 Å². The fourth-order valence-corrected chi connectivity index (χ4v) is 2.48. The largest absolute Gasteiger partial charge is 0.664 e. The van der Waals surface area contributed by atoms with Crippen LogP contribution in [0.2, 0.25) is 0 Å². The second kappa shape index (κ2) is 5.40. The molecule has 2 aromatic rings. The smallest absolute Gasteiger partial charge is 0.271 e. The standard InChI is InChI=1S/C15H16N4O2/c1-18-8-2-3-11(10-18)4-7-15-16-13-6-5-12(19(20)21)9-14(13)17-15/h2-3,5-6,8-10,15,17H,4,7H2,1H3. The first-order valence-electron chi connectivity index (χ1n) is 6.82. The van der Waals surface area contributed by atoms with Gasteiger partial charge in [-0.25, -0.2) is 4.57 Å². The maximum Gasteiger partial charge on any atom is 0.271 e. The Hall–Kier alpha value is -2.63. The summed E-state index contributed by atoms with van der Waals surface area (Å²) in [6.45, 7) is 0. The molecular formula is C15H16N4O2. The molecule has 2 heterocycles. The minimum absolute atomic E-state index is 0.0208. The molecule has 0 spiro atoms. The molecule has 0 amide bonds. The highest BCUT2D eigenvalue weighted by Gasteiger charge is 2.14. The van der Waals surface area contributed by atoms with Gasteiger partial charge in [0.2, 0.25) is 0 Å². The molecule has 0 fully saturated rings. The average Bonchev–Trinajstić information content (AvgIpc) is 2.87. The van der Waals surface area contributed by atoms with Gasteiger partial charge >= 0.3 is 0 Å². The van der Waals surface area contributed by atoms with E-state index >= 15 is 0 Å². The maximum atomic E-state index is 10.8. The number of non-ortho nitro benzene ring substituents is 1. The topological polar surface area (TPSA) is 73.2 Å². The highest BCUT2D eigenvalue weighted by Crippen LogP contribution is 2.41. The van der Waals surface area contributed by atoms with Crippen LogP contribution in [0, 0.1) is 10.1 Å². The number of pyridine rings is 1. The van der Waals surface area contributed by atoms with Crippen LogP contribution < -0.4 is 9.88 Å². The fraction of sp³-hybridized carbons (Fsp3) is 0.267. The van der Waals surface area contributed by atoms with Gasteiger partial charge in [-0.3, -0.25) is 10.1 Å². The third kappa shape index (κ3) is 2.94. The lowest BCUT2D eigenvalue weighted by molar-refractivity contribution is -0.671. The summed E-state index contributed by atoms with van der Waals surface area (Å²) in [4.78, 5) is 10.4. The Morgan fingerprint density at radius 1 is 1.43 bits per heavy atom. The summed E-state index contributed by atoms with van der Waals surface area (Å²) < 4.78 is 2.02. The Labute approximate surface area is 122 Å². The highest BCUT2D eigenvalue weighted by molar-refractivity contribution is 5.79. The maximum absolute atomic E-state index is 10.8. The number of aryl methyl sites for hydroxylation is 2. The summed E-state index contributed by atoms with van der Waals surface area (Å²) in [5, 5.41) is 18.6. The summed E-state index contributed by atoms with van der Waals surface area (Å²) >= 11 is 0. The second-order valence-corrected chi connectivity index (χ2v) is 5.16. The van der Waals surface area contributed by atoms with Gasteiger partial charge in [0.25, 0.3) is 5.69 Å². The van der Waals surface area contributed by atoms with E-state index in [0.29, 0.717) is 0 Å². The predicted octanol–water partition coefficient (Wildman–Crippen LogP) is 2.81. The van der Waals surface area contributed by atoms with Crippen LogP contribution in [0.15, 0.2) is 42.7 Å². The lowest BCUT2D eigenvalue weighted by Gasteiger charge is -2.24. The minimum Gasteiger partial charge on any atom is -0.664 e. The number of nitrogens with one attached hydrogen (secondary N) is 1. The number of benzene rings is 1. The molecule has 3 rings (SSSR count). The van der Waals surface area contributed by atoms with Crippen LogP contribution in [-0.4, -0.2) is 11.1 Å². The van der Waals surface area contributed by atoms with Crippen LogP contribution in [0.5, 0.6) is 0 Å². The molecule has 1 aromatic heterocycles. The van der Waals surface area contributed by atoms with Gasteiger partial charge in [0, 0.05) is 29.4 Å². The van der Waals surface area contributed by atoms with Gasteiger partial charge in [0.15, 0.2) is 12.4 Å². The first-order chi connectivity index (χ1) is 10.1. The van der Waals surface area contributed by atoms with Crippen LogP contribution in [0.4, 0.5) is 17.1 Å². The highest BCUT2D eigenvalue weighted by atomic mass is 16.6. The van der Waals surface area contributed by atoms with Crippen molar-refractivity contribution < 1.29 is 9.49 Å². The number of nitrogens with zero attached hydrogens (tertiary/aromatic N) is 3. The van der Waals surface area contributed by atoms with Gasteiger partial charge in [-0.05, 0) is 25.1 Å². The molecule has 1 unspecified atom stereocenters. The van der Waals surface area contributed by atoms with E-state index < -0.39 is 0 Å². The number of aromatic nitrogens is 1. The number of rotatable bonds is 4. The van der Waals surface area contributed by atoms with Crippen molar-refractivity contribution in [2.75, 3.05) is 5.32 Å². The third-order valence-corrected chi connectivity index (χ3v) is 3.52. The molecule has 21 heavy (non-hydrogen) atoms. The van der Waals surface area contributed by atoms with Crippen molar-refractivity contribution in [1.82, 2.24) is 0 Å². The molecule has 6 heteroatoms. The minimum atomic E-state index is -0.390. The van der Waals surface area contributed by atoms with Crippen molar-refractivity contribution in [3.8, 4) is 0 Å². The summed E-state index contributed by atoms with van der Waals surface area (Å²) in [5.41, 5.74) is 2.88. The molecule has 1 N–H and O–H groups in total.